The van der Waals surface area contributed by atoms with Gasteiger partial charge in [0.25, 0.3) is 0 Å². The molecule has 1 atom stereocenters. The molecular weight excluding hydrogens is 299 g/mol. The summed E-state index contributed by atoms with van der Waals surface area (Å²) in [6.07, 6.45) is 1.31. The molecule has 3 nitrogen and oxygen atoms in total. The smallest absolute Gasteiger partial charge is 0.123 e. The van der Waals surface area contributed by atoms with Crippen molar-refractivity contribution >= 4 is 15.9 Å². The van der Waals surface area contributed by atoms with Crippen LogP contribution in [0.15, 0.2) is 28.9 Å². The highest BCUT2D eigenvalue weighted by Gasteiger charge is 2.16. The number of halogens is 2. The molecule has 5 heteroatoms. The number of aliphatic hydroxyl groups excluding tert-OH is 1. The van der Waals surface area contributed by atoms with Crippen molar-refractivity contribution in [3.8, 4) is 0 Å². The van der Waals surface area contributed by atoms with Gasteiger partial charge in [0.2, 0.25) is 0 Å². The molecule has 96 valence electrons. The molecule has 0 aliphatic carbocycles. The summed E-state index contributed by atoms with van der Waals surface area (Å²) in [7, 11) is 1.82. The van der Waals surface area contributed by atoms with E-state index in [0.29, 0.717) is 6.42 Å². The fraction of sp³-hybridized carbons (Fsp3) is 0.308. The van der Waals surface area contributed by atoms with Gasteiger partial charge < -0.3 is 5.11 Å². The summed E-state index contributed by atoms with van der Waals surface area (Å²) in [5.41, 5.74) is 2.43. The molecular formula is C13H14BrFN2O. The average Bonchev–Trinajstić information content (AvgIpc) is 2.65. The molecule has 0 radical (unpaired) electrons. The Morgan fingerprint density at radius 2 is 2.22 bits per heavy atom. The largest absolute Gasteiger partial charge is 0.388 e. The summed E-state index contributed by atoms with van der Waals surface area (Å²) in [4.78, 5) is 0. The molecule has 0 saturated carbocycles. The summed E-state index contributed by atoms with van der Waals surface area (Å²) >= 11 is 3.36. The zero-order valence-corrected chi connectivity index (χ0v) is 11.8. The van der Waals surface area contributed by atoms with E-state index in [2.05, 4.69) is 21.0 Å². The third-order valence-corrected chi connectivity index (χ3v) is 3.83. The lowest BCUT2D eigenvalue weighted by molar-refractivity contribution is 0.177. The number of aliphatic hydroxyl groups is 1. The van der Waals surface area contributed by atoms with Crippen LogP contribution in [0.4, 0.5) is 4.39 Å². The molecule has 0 aliphatic heterocycles. The number of nitrogens with zero attached hydrogens (tertiary/aromatic N) is 2. The summed E-state index contributed by atoms with van der Waals surface area (Å²) in [5, 5.41) is 14.3. The van der Waals surface area contributed by atoms with Crippen LogP contribution in [0.1, 0.15) is 22.9 Å². The van der Waals surface area contributed by atoms with Crippen LogP contribution < -0.4 is 0 Å². The molecule has 0 spiro atoms. The standard InChI is InChI=1S/C13H14BrFN2O/c1-8-11(7-16-17(8)2)13(18)6-9-5-10(15)3-4-12(9)14/h3-5,7,13,18H,6H2,1-2H3. The fourth-order valence-electron chi connectivity index (χ4n) is 1.86. The average molecular weight is 313 g/mol. The van der Waals surface area contributed by atoms with E-state index < -0.39 is 6.10 Å². The number of hydrogen-bond donors (Lipinski definition) is 1. The zero-order chi connectivity index (χ0) is 13.3. The number of benzene rings is 1. The summed E-state index contributed by atoms with van der Waals surface area (Å²) in [6, 6.07) is 4.46. The molecule has 0 bridgehead atoms. The quantitative estimate of drug-likeness (QED) is 0.946. The third-order valence-electron chi connectivity index (χ3n) is 3.05. The maximum Gasteiger partial charge on any atom is 0.123 e. The van der Waals surface area contributed by atoms with Crippen LogP contribution in [0.3, 0.4) is 0 Å². The van der Waals surface area contributed by atoms with Gasteiger partial charge in [-0.2, -0.15) is 5.10 Å². The van der Waals surface area contributed by atoms with Gasteiger partial charge in [-0.3, -0.25) is 4.68 Å². The van der Waals surface area contributed by atoms with E-state index in [1.165, 1.54) is 12.1 Å². The van der Waals surface area contributed by atoms with Crippen LogP contribution in [0.25, 0.3) is 0 Å². The Kier molecular flexibility index (Phi) is 3.82. The van der Waals surface area contributed by atoms with E-state index in [4.69, 9.17) is 0 Å². The Balaban J connectivity index is 2.23. The van der Waals surface area contributed by atoms with Crippen molar-refractivity contribution in [1.29, 1.82) is 0 Å². The van der Waals surface area contributed by atoms with Crippen molar-refractivity contribution in [1.82, 2.24) is 9.78 Å². The maximum absolute atomic E-state index is 13.2. The van der Waals surface area contributed by atoms with Gasteiger partial charge in [0.05, 0.1) is 12.3 Å². The van der Waals surface area contributed by atoms with Crippen LogP contribution in [-0.2, 0) is 13.5 Å². The van der Waals surface area contributed by atoms with E-state index in [-0.39, 0.29) is 5.82 Å². The Morgan fingerprint density at radius 3 is 2.83 bits per heavy atom. The second kappa shape index (κ2) is 5.20. The Labute approximate surface area is 113 Å². The summed E-state index contributed by atoms with van der Waals surface area (Å²) < 4.78 is 15.7. The molecule has 1 heterocycles. The van der Waals surface area contributed by atoms with E-state index >= 15 is 0 Å². The molecule has 1 unspecified atom stereocenters. The molecule has 1 aromatic heterocycles. The Morgan fingerprint density at radius 1 is 1.50 bits per heavy atom. The number of hydrogen-bond acceptors (Lipinski definition) is 2. The van der Waals surface area contributed by atoms with Crippen molar-refractivity contribution in [3.05, 3.63) is 51.5 Å². The molecule has 0 aliphatic rings. The van der Waals surface area contributed by atoms with E-state index in [1.54, 1.807) is 16.9 Å². The first kappa shape index (κ1) is 13.2. The first-order valence-electron chi connectivity index (χ1n) is 5.59. The van der Waals surface area contributed by atoms with Crippen LogP contribution >= 0.6 is 15.9 Å². The van der Waals surface area contributed by atoms with Gasteiger partial charge in [0, 0.05) is 29.2 Å². The number of aryl methyl sites for hydroxylation is 1. The fourth-order valence-corrected chi connectivity index (χ4v) is 2.27. The molecule has 2 aromatic rings. The van der Waals surface area contributed by atoms with E-state index in [1.807, 2.05) is 14.0 Å². The maximum atomic E-state index is 13.2. The lowest BCUT2D eigenvalue weighted by atomic mass is 10.0. The predicted octanol–water partition coefficient (Wildman–Crippen LogP) is 2.91. The first-order valence-corrected chi connectivity index (χ1v) is 6.39. The number of rotatable bonds is 3. The van der Waals surface area contributed by atoms with Gasteiger partial charge in [-0.25, -0.2) is 4.39 Å². The van der Waals surface area contributed by atoms with Crippen molar-refractivity contribution in [3.63, 3.8) is 0 Å². The van der Waals surface area contributed by atoms with E-state index in [0.717, 1.165) is 21.3 Å². The molecule has 1 N–H and O–H groups in total. The SMILES string of the molecule is Cc1c(C(O)Cc2cc(F)ccc2Br)cnn1C. The lowest BCUT2D eigenvalue weighted by Gasteiger charge is -2.12. The summed E-state index contributed by atoms with van der Waals surface area (Å²) in [6.45, 7) is 1.90. The van der Waals surface area contributed by atoms with Crippen LogP contribution in [0, 0.1) is 12.7 Å². The molecule has 0 saturated heterocycles. The third kappa shape index (κ3) is 2.62. The van der Waals surface area contributed by atoms with Crippen molar-refractivity contribution in [2.24, 2.45) is 7.05 Å². The second-order valence-corrected chi connectivity index (χ2v) is 5.12. The second-order valence-electron chi connectivity index (χ2n) is 4.26. The van der Waals surface area contributed by atoms with Crippen LogP contribution in [0.5, 0.6) is 0 Å². The van der Waals surface area contributed by atoms with Crippen molar-refractivity contribution < 1.29 is 9.50 Å². The molecule has 1 aromatic carbocycles. The highest BCUT2D eigenvalue weighted by atomic mass is 79.9. The Bertz CT molecular complexity index is 568. The van der Waals surface area contributed by atoms with Gasteiger partial charge in [-0.15, -0.1) is 0 Å². The monoisotopic (exact) mass is 312 g/mol. The normalized spacial score (nSPS) is 12.7. The highest BCUT2D eigenvalue weighted by molar-refractivity contribution is 9.10. The predicted molar refractivity (Wildman–Crippen MR) is 70.7 cm³/mol. The molecule has 0 fully saturated rings. The van der Waals surface area contributed by atoms with Crippen molar-refractivity contribution in [2.45, 2.75) is 19.4 Å². The van der Waals surface area contributed by atoms with Crippen LogP contribution in [-0.4, -0.2) is 14.9 Å². The van der Waals surface area contributed by atoms with Gasteiger partial charge in [-0.1, -0.05) is 15.9 Å². The minimum Gasteiger partial charge on any atom is -0.388 e. The van der Waals surface area contributed by atoms with Crippen molar-refractivity contribution in [2.75, 3.05) is 0 Å². The number of aromatic nitrogens is 2. The lowest BCUT2D eigenvalue weighted by Crippen LogP contribution is -2.04. The molecule has 2 rings (SSSR count). The Hall–Kier alpha value is -1.20. The van der Waals surface area contributed by atoms with Gasteiger partial charge >= 0.3 is 0 Å². The van der Waals surface area contributed by atoms with Crippen LogP contribution in [0.2, 0.25) is 0 Å². The highest BCUT2D eigenvalue weighted by Crippen LogP contribution is 2.25. The van der Waals surface area contributed by atoms with Gasteiger partial charge in [0.15, 0.2) is 0 Å². The molecule has 18 heavy (non-hydrogen) atoms. The first-order chi connectivity index (χ1) is 8.49. The minimum absolute atomic E-state index is 0.302. The summed E-state index contributed by atoms with van der Waals surface area (Å²) in [5.74, 6) is -0.302. The molecule has 0 amide bonds. The zero-order valence-electron chi connectivity index (χ0n) is 10.2. The topological polar surface area (TPSA) is 38.1 Å². The van der Waals surface area contributed by atoms with E-state index in [9.17, 15) is 9.50 Å². The van der Waals surface area contributed by atoms with Gasteiger partial charge in [0.1, 0.15) is 5.82 Å². The minimum atomic E-state index is -0.684. The van der Waals surface area contributed by atoms with Gasteiger partial charge in [-0.05, 0) is 30.7 Å².